The highest BCUT2D eigenvalue weighted by molar-refractivity contribution is 7.98. The van der Waals surface area contributed by atoms with Gasteiger partial charge in [-0.05, 0) is 30.5 Å². The third-order valence-corrected chi connectivity index (χ3v) is 4.97. The van der Waals surface area contributed by atoms with Crippen LogP contribution in [-0.4, -0.2) is 22.3 Å². The minimum absolute atomic E-state index is 0.155. The van der Waals surface area contributed by atoms with Crippen LogP contribution < -0.4 is 4.74 Å². The number of nitrogens with zero attached hydrogens (tertiary/aromatic N) is 1. The molecule has 3 aromatic rings. The molecule has 0 unspecified atom stereocenters. The van der Waals surface area contributed by atoms with Gasteiger partial charge in [0, 0.05) is 15.8 Å². The molecule has 3 rings (SSSR count). The molecule has 0 fully saturated rings. The van der Waals surface area contributed by atoms with Crippen LogP contribution in [0.5, 0.6) is 5.75 Å². The number of rotatable bonds is 6. The molecule has 0 aliphatic rings. The number of aromatic carboxylic acids is 1. The van der Waals surface area contributed by atoms with Crippen molar-refractivity contribution in [3.05, 3.63) is 64.5 Å². The third-order valence-electron chi connectivity index (χ3n) is 3.41. The predicted molar refractivity (Wildman–Crippen MR) is 97.1 cm³/mol. The van der Waals surface area contributed by atoms with Crippen molar-refractivity contribution in [1.82, 2.24) is 4.98 Å². The van der Waals surface area contributed by atoms with Crippen molar-refractivity contribution in [2.45, 2.75) is 11.5 Å². The molecule has 122 valence electrons. The summed E-state index contributed by atoms with van der Waals surface area (Å²) >= 11 is 3.20. The summed E-state index contributed by atoms with van der Waals surface area (Å²) < 4.78 is 5.63. The maximum atomic E-state index is 11.2. The van der Waals surface area contributed by atoms with E-state index in [-0.39, 0.29) is 12.2 Å². The van der Waals surface area contributed by atoms with Gasteiger partial charge in [-0.25, -0.2) is 9.78 Å². The molecular formula is C18H15NO3S2. The monoisotopic (exact) mass is 357 g/mol. The Morgan fingerprint density at radius 1 is 1.21 bits per heavy atom. The molecule has 0 amide bonds. The molecule has 0 atom stereocenters. The normalized spacial score (nSPS) is 10.5. The summed E-state index contributed by atoms with van der Waals surface area (Å²) in [7, 11) is 0. The lowest BCUT2D eigenvalue weighted by molar-refractivity contribution is 0.0691. The van der Waals surface area contributed by atoms with Crippen LogP contribution in [0, 0.1) is 0 Å². The van der Waals surface area contributed by atoms with E-state index >= 15 is 0 Å². The number of hydrogen-bond acceptors (Lipinski definition) is 5. The van der Waals surface area contributed by atoms with Crippen molar-refractivity contribution in [2.24, 2.45) is 0 Å². The van der Waals surface area contributed by atoms with E-state index in [1.807, 2.05) is 23.8 Å². The summed E-state index contributed by atoms with van der Waals surface area (Å²) in [5.74, 6) is -0.648. The third kappa shape index (κ3) is 3.77. The molecule has 0 bridgehead atoms. The molecule has 1 heterocycles. The van der Waals surface area contributed by atoms with E-state index in [4.69, 9.17) is 9.84 Å². The molecule has 2 aromatic carbocycles. The predicted octanol–water partition coefficient (Wildman–Crippen LogP) is 4.81. The highest BCUT2D eigenvalue weighted by Gasteiger charge is 2.11. The summed E-state index contributed by atoms with van der Waals surface area (Å²) in [6, 6.07) is 14.8. The molecule has 24 heavy (non-hydrogen) atoms. The zero-order valence-corrected chi connectivity index (χ0v) is 14.6. The van der Waals surface area contributed by atoms with Crippen LogP contribution in [-0.2, 0) is 6.61 Å². The molecule has 0 spiro atoms. The Kier molecular flexibility index (Phi) is 5.17. The van der Waals surface area contributed by atoms with E-state index < -0.39 is 5.97 Å². The summed E-state index contributed by atoms with van der Waals surface area (Å²) in [6.45, 7) is 0.248. The number of benzene rings is 2. The average Bonchev–Trinajstić information content (AvgIpc) is 3.09. The van der Waals surface area contributed by atoms with Gasteiger partial charge in [-0.2, -0.15) is 0 Å². The highest BCUT2D eigenvalue weighted by Crippen LogP contribution is 2.26. The largest absolute Gasteiger partial charge is 0.486 e. The first kappa shape index (κ1) is 16.5. The number of carboxylic acids is 1. The number of carbonyl (C=O) groups is 1. The molecule has 0 saturated carbocycles. The molecule has 1 N–H and O–H groups in total. The zero-order chi connectivity index (χ0) is 16.9. The van der Waals surface area contributed by atoms with Crippen molar-refractivity contribution in [1.29, 1.82) is 0 Å². The number of hydrogen-bond donors (Lipinski definition) is 1. The Hall–Kier alpha value is -2.31. The van der Waals surface area contributed by atoms with E-state index in [2.05, 4.69) is 17.1 Å². The van der Waals surface area contributed by atoms with Crippen LogP contribution in [0.2, 0.25) is 0 Å². The lowest BCUT2D eigenvalue weighted by Crippen LogP contribution is -2.03. The van der Waals surface area contributed by atoms with Crippen molar-refractivity contribution >= 4 is 29.1 Å². The number of para-hydroxylation sites is 1. The van der Waals surface area contributed by atoms with Gasteiger partial charge in [-0.1, -0.05) is 24.3 Å². The van der Waals surface area contributed by atoms with Gasteiger partial charge in [0.1, 0.15) is 22.9 Å². The van der Waals surface area contributed by atoms with Gasteiger partial charge < -0.3 is 9.84 Å². The van der Waals surface area contributed by atoms with Gasteiger partial charge in [0.2, 0.25) is 0 Å². The Labute approximate surface area is 148 Å². The first-order valence-electron chi connectivity index (χ1n) is 7.21. The summed E-state index contributed by atoms with van der Waals surface area (Å²) in [5.41, 5.74) is 2.11. The van der Waals surface area contributed by atoms with Gasteiger partial charge in [0.15, 0.2) is 0 Å². The van der Waals surface area contributed by atoms with Gasteiger partial charge in [-0.3, -0.25) is 0 Å². The second kappa shape index (κ2) is 7.51. The fourth-order valence-electron chi connectivity index (χ4n) is 2.18. The average molecular weight is 357 g/mol. The van der Waals surface area contributed by atoms with Crippen molar-refractivity contribution in [3.8, 4) is 17.0 Å². The summed E-state index contributed by atoms with van der Waals surface area (Å²) in [4.78, 5) is 17.0. The lowest BCUT2D eigenvalue weighted by atomic mass is 10.2. The maximum absolute atomic E-state index is 11.2. The van der Waals surface area contributed by atoms with Crippen LogP contribution >= 0.6 is 23.1 Å². The first-order chi connectivity index (χ1) is 11.7. The molecule has 4 nitrogen and oxygen atoms in total. The van der Waals surface area contributed by atoms with Crippen molar-refractivity contribution in [2.75, 3.05) is 6.26 Å². The number of aromatic nitrogens is 1. The quantitative estimate of drug-likeness (QED) is 0.642. The highest BCUT2D eigenvalue weighted by atomic mass is 32.2. The standard InChI is InChI=1S/C18H15NO3S2/c1-23-13-8-6-12(7-9-13)15-11-24-17(19-15)10-22-16-5-3-2-4-14(16)18(20)21/h2-9,11H,10H2,1H3,(H,20,21). The van der Waals surface area contributed by atoms with Crippen LogP contribution in [0.15, 0.2) is 58.8 Å². The Bertz CT molecular complexity index is 843. The smallest absolute Gasteiger partial charge is 0.339 e. The van der Waals surface area contributed by atoms with E-state index in [9.17, 15) is 4.79 Å². The van der Waals surface area contributed by atoms with Gasteiger partial charge in [-0.15, -0.1) is 23.1 Å². The molecule has 1 aromatic heterocycles. The minimum Gasteiger partial charge on any atom is -0.486 e. The van der Waals surface area contributed by atoms with E-state index in [0.29, 0.717) is 5.75 Å². The van der Waals surface area contributed by atoms with E-state index in [1.165, 1.54) is 22.3 Å². The van der Waals surface area contributed by atoms with E-state index in [0.717, 1.165) is 16.3 Å². The van der Waals surface area contributed by atoms with Gasteiger partial charge >= 0.3 is 5.97 Å². The van der Waals surface area contributed by atoms with Gasteiger partial charge in [0.25, 0.3) is 0 Å². The number of thioether (sulfide) groups is 1. The zero-order valence-electron chi connectivity index (χ0n) is 12.9. The lowest BCUT2D eigenvalue weighted by Gasteiger charge is -2.07. The number of ether oxygens (including phenoxy) is 1. The maximum Gasteiger partial charge on any atom is 0.339 e. The van der Waals surface area contributed by atoms with Crippen LogP contribution in [0.1, 0.15) is 15.4 Å². The van der Waals surface area contributed by atoms with Gasteiger partial charge in [0.05, 0.1) is 5.69 Å². The number of thiazole rings is 1. The molecule has 0 radical (unpaired) electrons. The SMILES string of the molecule is CSc1ccc(-c2csc(COc3ccccc3C(=O)O)n2)cc1. The Morgan fingerprint density at radius 3 is 2.67 bits per heavy atom. The number of carboxylic acid groups (broad SMARTS) is 1. The molecule has 0 saturated heterocycles. The van der Waals surface area contributed by atoms with Crippen molar-refractivity contribution in [3.63, 3.8) is 0 Å². The second-order valence-corrected chi connectivity index (χ2v) is 6.77. The fraction of sp³-hybridized carbons (Fsp3) is 0.111. The summed E-state index contributed by atoms with van der Waals surface area (Å²) in [6.07, 6.45) is 2.04. The van der Waals surface area contributed by atoms with Crippen LogP contribution in [0.3, 0.4) is 0 Å². The first-order valence-corrected chi connectivity index (χ1v) is 9.32. The summed E-state index contributed by atoms with van der Waals surface area (Å²) in [5, 5.41) is 12.0. The topological polar surface area (TPSA) is 59.4 Å². The second-order valence-electron chi connectivity index (χ2n) is 4.94. The Morgan fingerprint density at radius 2 is 1.96 bits per heavy atom. The molecule has 6 heteroatoms. The minimum atomic E-state index is -1.00. The molecule has 0 aliphatic carbocycles. The van der Waals surface area contributed by atoms with Crippen LogP contribution in [0.4, 0.5) is 0 Å². The Balaban J connectivity index is 1.71. The molecule has 0 aliphatic heterocycles. The van der Waals surface area contributed by atoms with Crippen molar-refractivity contribution < 1.29 is 14.6 Å². The van der Waals surface area contributed by atoms with E-state index in [1.54, 1.807) is 30.0 Å². The fourth-order valence-corrected chi connectivity index (χ4v) is 3.30. The van der Waals surface area contributed by atoms with Crippen LogP contribution in [0.25, 0.3) is 11.3 Å². The molecular weight excluding hydrogens is 342 g/mol.